The van der Waals surface area contributed by atoms with Crippen LogP contribution < -0.4 is 9.73 Å². The Bertz CT molecular complexity index is 1150. The zero-order chi connectivity index (χ0) is 21.6. The first kappa shape index (κ1) is 22.0. The highest BCUT2D eigenvalue weighted by atomic mass is 79.9. The number of para-hydroxylation sites is 1. The summed E-state index contributed by atoms with van der Waals surface area (Å²) in [5.74, 6) is -0.584. The van der Waals surface area contributed by atoms with Gasteiger partial charge in [-0.2, -0.15) is 5.10 Å². The summed E-state index contributed by atoms with van der Waals surface area (Å²) in [6.07, 6.45) is 1.47. The molecule has 0 saturated heterocycles. The first-order chi connectivity index (χ1) is 14.4. The fourth-order valence-corrected chi connectivity index (χ4v) is 4.50. The summed E-state index contributed by atoms with van der Waals surface area (Å²) in [6.45, 7) is -0.442. The lowest BCUT2D eigenvalue weighted by molar-refractivity contribution is -0.119. The van der Waals surface area contributed by atoms with Crippen LogP contribution in [0.15, 0.2) is 93.3 Å². The smallest absolute Gasteiger partial charge is 0.264 e. The molecule has 0 fully saturated rings. The third-order valence-electron chi connectivity index (χ3n) is 4.03. The molecule has 0 aliphatic rings. The SMILES string of the molecule is O=C(CN(c1ccccc1)S(=O)(=O)c1ccc(Cl)cc1)N/N=C\c1ccccc1Br. The molecule has 0 bridgehead atoms. The number of rotatable bonds is 7. The molecule has 0 aromatic heterocycles. The normalized spacial score (nSPS) is 11.4. The lowest BCUT2D eigenvalue weighted by atomic mass is 10.2. The summed E-state index contributed by atoms with van der Waals surface area (Å²) < 4.78 is 28.2. The lowest BCUT2D eigenvalue weighted by Crippen LogP contribution is -2.39. The molecular formula is C21H17BrClN3O3S. The number of halogens is 2. The van der Waals surface area contributed by atoms with Crippen molar-refractivity contribution < 1.29 is 13.2 Å². The molecule has 0 aliphatic heterocycles. The van der Waals surface area contributed by atoms with Gasteiger partial charge in [0.25, 0.3) is 15.9 Å². The van der Waals surface area contributed by atoms with Crippen molar-refractivity contribution in [2.24, 2.45) is 5.10 Å². The van der Waals surface area contributed by atoms with E-state index in [2.05, 4.69) is 26.5 Å². The second kappa shape index (κ2) is 9.88. The van der Waals surface area contributed by atoms with Gasteiger partial charge >= 0.3 is 0 Å². The molecule has 3 aromatic rings. The number of hydrogen-bond acceptors (Lipinski definition) is 4. The Balaban J connectivity index is 1.82. The molecule has 0 radical (unpaired) electrons. The van der Waals surface area contributed by atoms with Gasteiger partial charge in [-0.3, -0.25) is 9.10 Å². The van der Waals surface area contributed by atoms with Gasteiger partial charge < -0.3 is 0 Å². The van der Waals surface area contributed by atoms with Gasteiger partial charge in [0.05, 0.1) is 16.8 Å². The highest BCUT2D eigenvalue weighted by Crippen LogP contribution is 2.24. The summed E-state index contributed by atoms with van der Waals surface area (Å²) in [5.41, 5.74) is 3.50. The molecule has 0 atom stereocenters. The number of nitrogens with one attached hydrogen (secondary N) is 1. The average Bonchev–Trinajstić information content (AvgIpc) is 2.74. The zero-order valence-corrected chi connectivity index (χ0v) is 18.7. The van der Waals surface area contributed by atoms with Crippen molar-refractivity contribution in [2.45, 2.75) is 4.90 Å². The fourth-order valence-electron chi connectivity index (χ4n) is 2.56. The van der Waals surface area contributed by atoms with Gasteiger partial charge in [0, 0.05) is 15.1 Å². The van der Waals surface area contributed by atoms with Gasteiger partial charge in [-0.05, 0) is 42.5 Å². The molecule has 3 rings (SSSR count). The topological polar surface area (TPSA) is 78.8 Å². The number of hydrazone groups is 1. The van der Waals surface area contributed by atoms with E-state index in [-0.39, 0.29) is 4.90 Å². The van der Waals surface area contributed by atoms with Crippen molar-refractivity contribution in [2.75, 3.05) is 10.8 Å². The van der Waals surface area contributed by atoms with Crippen molar-refractivity contribution in [3.05, 3.63) is 93.9 Å². The largest absolute Gasteiger partial charge is 0.271 e. The van der Waals surface area contributed by atoms with Crippen LogP contribution in [0, 0.1) is 0 Å². The second-order valence-corrected chi connectivity index (χ2v) is 9.27. The molecule has 6 nitrogen and oxygen atoms in total. The van der Waals surface area contributed by atoms with E-state index in [1.54, 1.807) is 30.3 Å². The molecular weight excluding hydrogens is 490 g/mol. The summed E-state index contributed by atoms with van der Waals surface area (Å²) in [5, 5.41) is 4.34. The van der Waals surface area contributed by atoms with Crippen molar-refractivity contribution in [3.8, 4) is 0 Å². The number of sulfonamides is 1. The molecule has 1 amide bonds. The molecule has 1 N–H and O–H groups in total. The molecule has 9 heteroatoms. The van der Waals surface area contributed by atoms with Crippen LogP contribution in [0.2, 0.25) is 5.02 Å². The quantitative estimate of drug-likeness (QED) is 0.380. The molecule has 30 heavy (non-hydrogen) atoms. The maximum Gasteiger partial charge on any atom is 0.264 e. The summed E-state index contributed by atoms with van der Waals surface area (Å²) in [4.78, 5) is 12.5. The minimum atomic E-state index is -4.00. The molecule has 0 unspecified atom stereocenters. The molecule has 3 aromatic carbocycles. The van der Waals surface area contributed by atoms with Crippen LogP contribution in [-0.2, 0) is 14.8 Å². The Kier molecular flexibility index (Phi) is 7.25. The van der Waals surface area contributed by atoms with Crippen LogP contribution in [-0.4, -0.2) is 27.1 Å². The van der Waals surface area contributed by atoms with Crippen LogP contribution in [0.3, 0.4) is 0 Å². The highest BCUT2D eigenvalue weighted by molar-refractivity contribution is 9.10. The van der Waals surface area contributed by atoms with E-state index >= 15 is 0 Å². The van der Waals surface area contributed by atoms with E-state index in [1.807, 2.05) is 24.3 Å². The van der Waals surface area contributed by atoms with E-state index in [4.69, 9.17) is 11.6 Å². The molecule has 0 aliphatic carbocycles. The van der Waals surface area contributed by atoms with E-state index in [9.17, 15) is 13.2 Å². The average molecular weight is 507 g/mol. The van der Waals surface area contributed by atoms with E-state index in [0.29, 0.717) is 10.7 Å². The van der Waals surface area contributed by atoms with Gasteiger partial charge in [-0.15, -0.1) is 0 Å². The predicted octanol–water partition coefficient (Wildman–Crippen LogP) is 4.45. The van der Waals surface area contributed by atoms with E-state index in [0.717, 1.165) is 14.3 Å². The van der Waals surface area contributed by atoms with Crippen molar-refractivity contribution in [1.29, 1.82) is 0 Å². The first-order valence-corrected chi connectivity index (χ1v) is 11.4. The van der Waals surface area contributed by atoms with E-state index in [1.165, 1.54) is 30.5 Å². The van der Waals surface area contributed by atoms with Crippen LogP contribution in [0.1, 0.15) is 5.56 Å². The Labute approximate surface area is 188 Å². The minimum absolute atomic E-state index is 0.0280. The van der Waals surface area contributed by atoms with Crippen molar-refractivity contribution in [3.63, 3.8) is 0 Å². The second-order valence-electron chi connectivity index (χ2n) is 6.12. The Morgan fingerprint density at radius 1 is 1.00 bits per heavy atom. The van der Waals surface area contributed by atoms with Crippen molar-refractivity contribution in [1.82, 2.24) is 5.43 Å². The standard InChI is InChI=1S/C21H17BrClN3O3S/c22-20-9-5-4-6-16(20)14-24-25-21(27)15-26(18-7-2-1-3-8-18)30(28,29)19-12-10-17(23)11-13-19/h1-14H,15H2,(H,25,27)/b24-14-. The number of carbonyl (C=O) groups excluding carboxylic acids is 1. The number of amides is 1. The fraction of sp³-hybridized carbons (Fsp3) is 0.0476. The van der Waals surface area contributed by atoms with Gasteiger partial charge in [0.2, 0.25) is 0 Å². The third-order valence-corrected chi connectivity index (χ3v) is 6.79. The Morgan fingerprint density at radius 3 is 2.30 bits per heavy atom. The van der Waals surface area contributed by atoms with Gasteiger partial charge in [-0.1, -0.05) is 63.9 Å². The number of hydrogen-bond donors (Lipinski definition) is 1. The van der Waals surface area contributed by atoms with Crippen molar-refractivity contribution >= 4 is 55.4 Å². The van der Waals surface area contributed by atoms with Crippen LogP contribution in [0.5, 0.6) is 0 Å². The third kappa shape index (κ3) is 5.47. The Morgan fingerprint density at radius 2 is 1.63 bits per heavy atom. The number of carbonyl (C=O) groups is 1. The van der Waals surface area contributed by atoms with E-state index < -0.39 is 22.5 Å². The summed E-state index contributed by atoms with van der Waals surface area (Å²) in [6, 6.07) is 21.5. The monoisotopic (exact) mass is 505 g/mol. The Hall–Kier alpha value is -2.68. The number of anilines is 1. The summed E-state index contributed by atoms with van der Waals surface area (Å²) >= 11 is 9.26. The highest BCUT2D eigenvalue weighted by Gasteiger charge is 2.27. The number of nitrogens with zero attached hydrogens (tertiary/aromatic N) is 2. The van der Waals surface area contributed by atoms with Crippen LogP contribution in [0.4, 0.5) is 5.69 Å². The van der Waals surface area contributed by atoms with Crippen LogP contribution >= 0.6 is 27.5 Å². The summed E-state index contributed by atoms with van der Waals surface area (Å²) in [7, 11) is -4.00. The molecule has 0 spiro atoms. The van der Waals surface area contributed by atoms with Gasteiger partial charge in [0.15, 0.2) is 0 Å². The van der Waals surface area contributed by atoms with Gasteiger partial charge in [-0.25, -0.2) is 13.8 Å². The maximum absolute atomic E-state index is 13.2. The number of benzene rings is 3. The zero-order valence-electron chi connectivity index (χ0n) is 15.6. The first-order valence-electron chi connectivity index (χ1n) is 8.78. The lowest BCUT2D eigenvalue weighted by Gasteiger charge is -2.23. The molecule has 0 heterocycles. The predicted molar refractivity (Wildman–Crippen MR) is 122 cm³/mol. The molecule has 0 saturated carbocycles. The molecule has 154 valence electrons. The van der Waals surface area contributed by atoms with Gasteiger partial charge in [0.1, 0.15) is 6.54 Å². The maximum atomic E-state index is 13.2. The van der Waals surface area contributed by atoms with Crippen LogP contribution in [0.25, 0.3) is 0 Å². The minimum Gasteiger partial charge on any atom is -0.271 e.